The van der Waals surface area contributed by atoms with E-state index in [4.69, 9.17) is 4.74 Å². The van der Waals surface area contributed by atoms with Crippen molar-refractivity contribution in [1.29, 1.82) is 0 Å². The van der Waals surface area contributed by atoms with E-state index in [9.17, 15) is 0 Å². The molecule has 1 heterocycles. The molecule has 0 saturated carbocycles. The van der Waals surface area contributed by atoms with Crippen LogP contribution in [-0.2, 0) is 6.54 Å². The number of rotatable bonds is 7. The maximum absolute atomic E-state index is 5.99. The second-order valence-electron chi connectivity index (χ2n) is 5.04. The monoisotopic (exact) mass is 294 g/mol. The minimum Gasteiger partial charge on any atom is -0.492 e. The van der Waals surface area contributed by atoms with Crippen LogP contribution in [0, 0.1) is 0 Å². The van der Waals surface area contributed by atoms with E-state index in [1.807, 2.05) is 6.07 Å². The third kappa shape index (κ3) is 5.35. The van der Waals surface area contributed by atoms with Gasteiger partial charge >= 0.3 is 0 Å². The molecule has 1 aromatic carbocycles. The zero-order valence-corrected chi connectivity index (χ0v) is 13.3. The van der Waals surface area contributed by atoms with Crippen molar-refractivity contribution in [3.63, 3.8) is 0 Å². The molecule has 1 saturated heterocycles. The average molecular weight is 294 g/mol. The third-order valence-electron chi connectivity index (χ3n) is 3.52. The number of nitrogens with zero attached hydrogens (tertiary/aromatic N) is 1. The van der Waals surface area contributed by atoms with Crippen molar-refractivity contribution < 1.29 is 4.74 Å². The van der Waals surface area contributed by atoms with Crippen LogP contribution in [-0.4, -0.2) is 49.2 Å². The highest BCUT2D eigenvalue weighted by Gasteiger charge is 2.09. The molecular weight excluding hydrogens is 268 g/mol. The smallest absolute Gasteiger partial charge is 0.123 e. The van der Waals surface area contributed by atoms with E-state index in [1.165, 1.54) is 36.6 Å². The fourth-order valence-electron chi connectivity index (χ4n) is 2.36. The second kappa shape index (κ2) is 9.27. The molecule has 1 fully saturated rings. The van der Waals surface area contributed by atoms with Crippen LogP contribution in [0.3, 0.4) is 0 Å². The van der Waals surface area contributed by atoms with Crippen molar-refractivity contribution >= 4 is 11.8 Å². The highest BCUT2D eigenvalue weighted by atomic mass is 32.2. The van der Waals surface area contributed by atoms with E-state index in [2.05, 4.69) is 47.1 Å². The fourth-order valence-corrected chi connectivity index (χ4v) is 3.28. The summed E-state index contributed by atoms with van der Waals surface area (Å²) in [6, 6.07) is 8.34. The molecule has 2 rings (SSSR count). The van der Waals surface area contributed by atoms with Crippen LogP contribution in [0.1, 0.15) is 18.9 Å². The summed E-state index contributed by atoms with van der Waals surface area (Å²) in [5, 5.41) is 3.36. The van der Waals surface area contributed by atoms with Crippen molar-refractivity contribution in [1.82, 2.24) is 10.2 Å². The lowest BCUT2D eigenvalue weighted by molar-refractivity contribution is 0.218. The first-order valence-corrected chi connectivity index (χ1v) is 8.77. The van der Waals surface area contributed by atoms with Crippen LogP contribution in [0.25, 0.3) is 0 Å². The lowest BCUT2D eigenvalue weighted by atomic mass is 10.2. The van der Waals surface area contributed by atoms with Crippen molar-refractivity contribution in [2.45, 2.75) is 19.9 Å². The first-order valence-electron chi connectivity index (χ1n) is 7.61. The average Bonchev–Trinajstić information content (AvgIpc) is 2.75. The molecule has 1 N–H and O–H groups in total. The number of para-hydroxylation sites is 1. The predicted molar refractivity (Wildman–Crippen MR) is 87.7 cm³/mol. The first-order chi connectivity index (χ1) is 9.90. The van der Waals surface area contributed by atoms with Gasteiger partial charge in [0.2, 0.25) is 0 Å². The normalized spacial score (nSPS) is 16.9. The van der Waals surface area contributed by atoms with E-state index in [0.29, 0.717) is 0 Å². The molecule has 0 spiro atoms. The zero-order valence-electron chi connectivity index (χ0n) is 12.4. The molecule has 112 valence electrons. The van der Waals surface area contributed by atoms with Gasteiger partial charge in [0.15, 0.2) is 0 Å². The van der Waals surface area contributed by atoms with Gasteiger partial charge < -0.3 is 10.1 Å². The molecule has 0 atom stereocenters. The lowest BCUT2D eigenvalue weighted by Crippen LogP contribution is -2.30. The minimum atomic E-state index is 0.786. The summed E-state index contributed by atoms with van der Waals surface area (Å²) in [5.41, 5.74) is 1.25. The van der Waals surface area contributed by atoms with E-state index in [0.717, 1.165) is 32.0 Å². The van der Waals surface area contributed by atoms with Crippen molar-refractivity contribution in [3.8, 4) is 5.75 Å². The summed E-state index contributed by atoms with van der Waals surface area (Å²) in [6.45, 7) is 8.24. The molecular formula is C16H26N2OS. The van der Waals surface area contributed by atoms with E-state index < -0.39 is 0 Å². The van der Waals surface area contributed by atoms with Crippen LogP contribution in [0.2, 0.25) is 0 Å². The maximum Gasteiger partial charge on any atom is 0.123 e. The number of nitrogens with one attached hydrogen (secondary N) is 1. The number of ether oxygens (including phenoxy) is 1. The molecule has 0 aliphatic carbocycles. The van der Waals surface area contributed by atoms with E-state index in [1.54, 1.807) is 0 Å². The Kier molecular flexibility index (Phi) is 7.26. The molecule has 0 bridgehead atoms. The first kappa shape index (κ1) is 15.7. The SMILES string of the molecule is CCNCc1ccccc1OCCN1CCCSCC1. The number of hydrogen-bond donors (Lipinski definition) is 1. The standard InChI is InChI=1S/C16H26N2OS/c1-2-17-14-15-6-3-4-7-16(15)19-11-9-18-8-5-12-20-13-10-18/h3-4,6-7,17H,2,5,8-14H2,1H3. The Bertz CT molecular complexity index is 378. The predicted octanol–water partition coefficient (Wildman–Crippen LogP) is 2.61. The Balaban J connectivity index is 1.77. The minimum absolute atomic E-state index is 0.786. The van der Waals surface area contributed by atoms with Crippen molar-refractivity contribution in [2.24, 2.45) is 0 Å². The van der Waals surface area contributed by atoms with Gasteiger partial charge in [0.1, 0.15) is 12.4 Å². The Labute approximate surface area is 127 Å². The van der Waals surface area contributed by atoms with Gasteiger partial charge in [0.05, 0.1) is 0 Å². The van der Waals surface area contributed by atoms with Crippen LogP contribution in [0.4, 0.5) is 0 Å². The largest absolute Gasteiger partial charge is 0.492 e. The van der Waals surface area contributed by atoms with Crippen molar-refractivity contribution in [2.75, 3.05) is 44.3 Å². The van der Waals surface area contributed by atoms with Gasteiger partial charge in [-0.05, 0) is 31.3 Å². The highest BCUT2D eigenvalue weighted by molar-refractivity contribution is 7.99. The molecule has 4 heteroatoms. The third-order valence-corrected chi connectivity index (χ3v) is 4.57. The van der Waals surface area contributed by atoms with Crippen LogP contribution in [0.15, 0.2) is 24.3 Å². The molecule has 1 aliphatic heterocycles. The van der Waals surface area contributed by atoms with Gasteiger partial charge in [-0.2, -0.15) is 11.8 Å². The van der Waals surface area contributed by atoms with Gasteiger partial charge in [-0.3, -0.25) is 4.90 Å². The lowest BCUT2D eigenvalue weighted by Gasteiger charge is -2.20. The Morgan fingerprint density at radius 2 is 2.15 bits per heavy atom. The van der Waals surface area contributed by atoms with E-state index >= 15 is 0 Å². The number of hydrogen-bond acceptors (Lipinski definition) is 4. The second-order valence-corrected chi connectivity index (χ2v) is 6.27. The molecule has 20 heavy (non-hydrogen) atoms. The van der Waals surface area contributed by atoms with Gasteiger partial charge in [0.25, 0.3) is 0 Å². The van der Waals surface area contributed by atoms with Gasteiger partial charge in [-0.15, -0.1) is 0 Å². The van der Waals surface area contributed by atoms with Crippen molar-refractivity contribution in [3.05, 3.63) is 29.8 Å². The molecule has 3 nitrogen and oxygen atoms in total. The molecule has 0 aromatic heterocycles. The summed E-state index contributed by atoms with van der Waals surface area (Å²) >= 11 is 2.07. The maximum atomic E-state index is 5.99. The topological polar surface area (TPSA) is 24.5 Å². The Hall–Kier alpha value is -0.710. The summed E-state index contributed by atoms with van der Waals surface area (Å²) < 4.78 is 5.99. The van der Waals surface area contributed by atoms with Gasteiger partial charge in [0, 0.05) is 31.0 Å². The number of benzene rings is 1. The Morgan fingerprint density at radius 1 is 1.25 bits per heavy atom. The summed E-state index contributed by atoms with van der Waals surface area (Å²) in [4.78, 5) is 2.52. The number of thioether (sulfide) groups is 1. The molecule has 0 amide bonds. The summed E-state index contributed by atoms with van der Waals surface area (Å²) in [6.07, 6.45) is 1.31. The fraction of sp³-hybridized carbons (Fsp3) is 0.625. The van der Waals surface area contributed by atoms with Crippen LogP contribution < -0.4 is 10.1 Å². The quantitative estimate of drug-likeness (QED) is 0.835. The molecule has 0 radical (unpaired) electrons. The Morgan fingerprint density at radius 3 is 3.05 bits per heavy atom. The van der Waals surface area contributed by atoms with Gasteiger partial charge in [-0.25, -0.2) is 0 Å². The van der Waals surface area contributed by atoms with Crippen LogP contribution >= 0.6 is 11.8 Å². The molecule has 1 aromatic rings. The van der Waals surface area contributed by atoms with E-state index in [-0.39, 0.29) is 0 Å². The van der Waals surface area contributed by atoms with Gasteiger partial charge in [-0.1, -0.05) is 25.1 Å². The zero-order chi connectivity index (χ0) is 14.0. The summed E-state index contributed by atoms with van der Waals surface area (Å²) in [7, 11) is 0. The van der Waals surface area contributed by atoms with Crippen LogP contribution in [0.5, 0.6) is 5.75 Å². The molecule has 1 aliphatic rings. The highest BCUT2D eigenvalue weighted by Crippen LogP contribution is 2.18. The molecule has 0 unspecified atom stereocenters. The summed E-state index contributed by atoms with van der Waals surface area (Å²) in [5.74, 6) is 3.59.